The van der Waals surface area contributed by atoms with Gasteiger partial charge in [0.1, 0.15) is 0 Å². The van der Waals surface area contributed by atoms with E-state index in [1.807, 2.05) is 6.07 Å². The second kappa shape index (κ2) is 4.81. The summed E-state index contributed by atoms with van der Waals surface area (Å²) in [5.74, 6) is -0.369. The molecule has 0 N–H and O–H groups in total. The van der Waals surface area contributed by atoms with Crippen molar-refractivity contribution in [3.8, 4) is 6.07 Å². The molecule has 0 saturated carbocycles. The van der Waals surface area contributed by atoms with Crippen molar-refractivity contribution in [2.75, 3.05) is 7.11 Å². The Hall–Kier alpha value is -1.53. The second-order valence-electron chi connectivity index (χ2n) is 3.13. The highest BCUT2D eigenvalue weighted by Gasteiger charge is 2.10. The Morgan fingerprint density at radius 3 is 2.80 bits per heavy atom. The van der Waals surface area contributed by atoms with Gasteiger partial charge in [0.25, 0.3) is 0 Å². The van der Waals surface area contributed by atoms with Crippen LogP contribution in [0.1, 0.15) is 16.7 Å². The number of hydrogen-bond acceptors (Lipinski definition) is 3. The van der Waals surface area contributed by atoms with Gasteiger partial charge < -0.3 is 4.74 Å². The Labute approximate surface area is 93.2 Å². The maximum atomic E-state index is 11.1. The molecule has 0 spiro atoms. The summed E-state index contributed by atoms with van der Waals surface area (Å²) in [5.41, 5.74) is 1.91. The molecule has 1 aromatic rings. The van der Waals surface area contributed by atoms with Gasteiger partial charge in [0, 0.05) is 5.02 Å². The van der Waals surface area contributed by atoms with Crippen LogP contribution in [0.3, 0.4) is 0 Å². The molecule has 0 aliphatic rings. The third kappa shape index (κ3) is 2.71. The van der Waals surface area contributed by atoms with E-state index in [9.17, 15) is 4.79 Å². The predicted molar refractivity (Wildman–Crippen MR) is 56.6 cm³/mol. The number of rotatable bonds is 2. The van der Waals surface area contributed by atoms with Crippen LogP contribution in [0.2, 0.25) is 5.02 Å². The standard InChI is InChI=1S/C11H10ClNO2/c1-7-3-8(6-13)4-9(11(7)12)5-10(14)15-2/h3-4H,5H2,1-2H3. The molecule has 1 aromatic carbocycles. The van der Waals surface area contributed by atoms with E-state index in [1.54, 1.807) is 19.1 Å². The number of carbonyl (C=O) groups excluding carboxylic acids is 1. The predicted octanol–water partition coefficient (Wildman–Crippen LogP) is 2.24. The average Bonchev–Trinajstić information content (AvgIpc) is 2.24. The molecule has 0 amide bonds. The minimum atomic E-state index is -0.369. The molecular weight excluding hydrogens is 214 g/mol. The van der Waals surface area contributed by atoms with Crippen LogP contribution in [0.5, 0.6) is 0 Å². The molecule has 15 heavy (non-hydrogen) atoms. The summed E-state index contributed by atoms with van der Waals surface area (Å²) in [5, 5.41) is 9.27. The molecule has 0 radical (unpaired) electrons. The molecule has 3 nitrogen and oxygen atoms in total. The van der Waals surface area contributed by atoms with E-state index in [0.717, 1.165) is 5.56 Å². The number of aryl methyl sites for hydroxylation is 1. The van der Waals surface area contributed by atoms with Crippen LogP contribution in [0.4, 0.5) is 0 Å². The van der Waals surface area contributed by atoms with Gasteiger partial charge in [-0.2, -0.15) is 5.26 Å². The summed E-state index contributed by atoms with van der Waals surface area (Å²) >= 11 is 6.01. The third-order valence-corrected chi connectivity index (χ3v) is 2.56. The molecule has 78 valence electrons. The van der Waals surface area contributed by atoms with Gasteiger partial charge in [0.05, 0.1) is 25.2 Å². The number of carbonyl (C=O) groups is 1. The van der Waals surface area contributed by atoms with Crippen molar-refractivity contribution in [1.29, 1.82) is 5.26 Å². The topological polar surface area (TPSA) is 50.1 Å². The Morgan fingerprint density at radius 1 is 1.60 bits per heavy atom. The number of esters is 1. The van der Waals surface area contributed by atoms with Gasteiger partial charge in [-0.25, -0.2) is 0 Å². The van der Waals surface area contributed by atoms with E-state index in [0.29, 0.717) is 16.1 Å². The van der Waals surface area contributed by atoms with Gasteiger partial charge >= 0.3 is 5.97 Å². The largest absolute Gasteiger partial charge is 0.469 e. The van der Waals surface area contributed by atoms with Crippen LogP contribution in [0, 0.1) is 18.3 Å². The van der Waals surface area contributed by atoms with Gasteiger partial charge in [0.2, 0.25) is 0 Å². The zero-order valence-corrected chi connectivity index (χ0v) is 9.26. The van der Waals surface area contributed by atoms with Crippen molar-refractivity contribution >= 4 is 17.6 Å². The summed E-state index contributed by atoms with van der Waals surface area (Å²) < 4.78 is 4.54. The monoisotopic (exact) mass is 223 g/mol. The minimum absolute atomic E-state index is 0.0890. The lowest BCUT2D eigenvalue weighted by molar-refractivity contribution is -0.139. The first kappa shape index (κ1) is 11.5. The minimum Gasteiger partial charge on any atom is -0.469 e. The fourth-order valence-corrected chi connectivity index (χ4v) is 1.44. The van der Waals surface area contributed by atoms with Crippen molar-refractivity contribution in [1.82, 2.24) is 0 Å². The first-order valence-electron chi connectivity index (χ1n) is 4.34. The van der Waals surface area contributed by atoms with E-state index < -0.39 is 0 Å². The van der Waals surface area contributed by atoms with E-state index in [-0.39, 0.29) is 12.4 Å². The first-order chi connectivity index (χ1) is 7.08. The highest BCUT2D eigenvalue weighted by molar-refractivity contribution is 6.32. The number of hydrogen-bond donors (Lipinski definition) is 0. The molecule has 0 fully saturated rings. The summed E-state index contributed by atoms with van der Waals surface area (Å²) in [6.45, 7) is 1.80. The molecule has 1 rings (SSSR count). The van der Waals surface area contributed by atoms with Crippen LogP contribution in [-0.4, -0.2) is 13.1 Å². The smallest absolute Gasteiger partial charge is 0.310 e. The Morgan fingerprint density at radius 2 is 2.27 bits per heavy atom. The first-order valence-corrected chi connectivity index (χ1v) is 4.72. The maximum Gasteiger partial charge on any atom is 0.310 e. The van der Waals surface area contributed by atoms with Gasteiger partial charge in [-0.05, 0) is 30.2 Å². The van der Waals surface area contributed by atoms with Crippen LogP contribution >= 0.6 is 11.6 Å². The third-order valence-electron chi connectivity index (χ3n) is 2.02. The van der Waals surface area contributed by atoms with Gasteiger partial charge in [-0.1, -0.05) is 11.6 Å². The average molecular weight is 224 g/mol. The molecule has 0 saturated heterocycles. The number of halogens is 1. The number of ether oxygens (including phenoxy) is 1. The van der Waals surface area contributed by atoms with Gasteiger partial charge in [0.15, 0.2) is 0 Å². The maximum absolute atomic E-state index is 11.1. The van der Waals surface area contributed by atoms with Crippen LogP contribution < -0.4 is 0 Å². The van der Waals surface area contributed by atoms with Crippen molar-refractivity contribution < 1.29 is 9.53 Å². The zero-order chi connectivity index (χ0) is 11.4. The Bertz CT molecular complexity index is 435. The highest BCUT2D eigenvalue weighted by Crippen LogP contribution is 2.23. The highest BCUT2D eigenvalue weighted by atomic mass is 35.5. The molecule has 4 heteroatoms. The molecule has 0 bridgehead atoms. The second-order valence-corrected chi connectivity index (χ2v) is 3.51. The lowest BCUT2D eigenvalue weighted by Gasteiger charge is -2.06. The lowest BCUT2D eigenvalue weighted by atomic mass is 10.0. The zero-order valence-electron chi connectivity index (χ0n) is 8.50. The van der Waals surface area contributed by atoms with Crippen LogP contribution in [-0.2, 0) is 16.0 Å². The fourth-order valence-electron chi connectivity index (χ4n) is 1.26. The summed E-state index contributed by atoms with van der Waals surface area (Å²) in [7, 11) is 1.32. The summed E-state index contributed by atoms with van der Waals surface area (Å²) in [6, 6.07) is 5.30. The van der Waals surface area contributed by atoms with Crippen molar-refractivity contribution in [3.63, 3.8) is 0 Å². The number of nitriles is 1. The molecule has 0 atom stereocenters. The number of benzene rings is 1. The normalized spacial score (nSPS) is 9.47. The Balaban J connectivity index is 3.12. The molecule has 0 aliphatic heterocycles. The summed E-state index contributed by atoms with van der Waals surface area (Å²) in [4.78, 5) is 11.1. The van der Waals surface area contributed by atoms with Gasteiger partial charge in [-0.3, -0.25) is 4.79 Å². The molecule has 0 heterocycles. The van der Waals surface area contributed by atoms with Crippen molar-refractivity contribution in [2.45, 2.75) is 13.3 Å². The molecule has 0 aliphatic carbocycles. The lowest BCUT2D eigenvalue weighted by Crippen LogP contribution is -2.05. The Kier molecular flexibility index (Phi) is 3.70. The van der Waals surface area contributed by atoms with Crippen molar-refractivity contribution in [3.05, 3.63) is 33.8 Å². The molecule has 0 unspecified atom stereocenters. The van der Waals surface area contributed by atoms with Gasteiger partial charge in [-0.15, -0.1) is 0 Å². The van der Waals surface area contributed by atoms with E-state index >= 15 is 0 Å². The van der Waals surface area contributed by atoms with Crippen LogP contribution in [0.25, 0.3) is 0 Å². The van der Waals surface area contributed by atoms with E-state index in [2.05, 4.69) is 4.74 Å². The van der Waals surface area contributed by atoms with E-state index in [1.165, 1.54) is 7.11 Å². The summed E-state index contributed by atoms with van der Waals surface area (Å²) in [6.07, 6.45) is 0.0890. The van der Waals surface area contributed by atoms with Crippen LogP contribution in [0.15, 0.2) is 12.1 Å². The fraction of sp³-hybridized carbons (Fsp3) is 0.273. The molecular formula is C11H10ClNO2. The SMILES string of the molecule is COC(=O)Cc1cc(C#N)cc(C)c1Cl. The number of nitrogens with zero attached hydrogens (tertiary/aromatic N) is 1. The quantitative estimate of drug-likeness (QED) is 0.723. The number of methoxy groups -OCH3 is 1. The van der Waals surface area contributed by atoms with Crippen molar-refractivity contribution in [2.24, 2.45) is 0 Å². The molecule has 0 aromatic heterocycles. The van der Waals surface area contributed by atoms with E-state index in [4.69, 9.17) is 16.9 Å².